The second kappa shape index (κ2) is 35.9. The van der Waals surface area contributed by atoms with E-state index in [1.165, 1.54) is 7.11 Å². The summed E-state index contributed by atoms with van der Waals surface area (Å²) >= 11 is 0. The van der Waals surface area contributed by atoms with Gasteiger partial charge in [-0.3, -0.25) is 33.6 Å². The van der Waals surface area contributed by atoms with Gasteiger partial charge in [0.1, 0.15) is 59.5 Å². The Morgan fingerprint density at radius 1 is 0.470 bits per heavy atom. The molecule has 100 heavy (non-hydrogen) atoms. The van der Waals surface area contributed by atoms with Gasteiger partial charge in [0.05, 0.1) is 37.2 Å². The summed E-state index contributed by atoms with van der Waals surface area (Å²) in [5.74, 6) is -8.07. The Balaban J connectivity index is 1.41. The van der Waals surface area contributed by atoms with Gasteiger partial charge in [0, 0.05) is 44.4 Å². The fourth-order valence-electron chi connectivity index (χ4n) is 11.8. The van der Waals surface area contributed by atoms with Crippen LogP contribution in [0.3, 0.4) is 0 Å². The molecule has 0 aliphatic rings. The molecule has 0 bridgehead atoms. The fourth-order valence-corrected chi connectivity index (χ4v) is 11.8. The number of nitrogens with one attached hydrogen (secondary N) is 8. The number of alkyl carbamates (subject to hydrolysis) is 1. The van der Waals surface area contributed by atoms with Crippen molar-refractivity contribution in [2.24, 2.45) is 30.7 Å². The van der Waals surface area contributed by atoms with Crippen LogP contribution in [0.25, 0.3) is 0 Å². The Morgan fingerprint density at radius 2 is 0.870 bits per heavy atom. The molecule has 6 rings (SSSR count). The summed E-state index contributed by atoms with van der Waals surface area (Å²) < 4.78 is 20.5. The molecule has 0 aliphatic carbocycles. The number of benzene rings is 4. The lowest BCUT2D eigenvalue weighted by molar-refractivity contribution is -0.147. The Bertz CT molecular complexity index is 3580. The average molecular weight is 1380 g/mol. The van der Waals surface area contributed by atoms with Crippen LogP contribution < -0.4 is 42.5 Å². The van der Waals surface area contributed by atoms with Crippen molar-refractivity contribution in [1.29, 1.82) is 0 Å². The fraction of sp³-hybridized carbons (Fsp3) is 0.487. The van der Waals surface area contributed by atoms with Crippen LogP contribution in [0.4, 0.5) is 4.79 Å². The quantitative estimate of drug-likeness (QED) is 0.0150. The molecular formula is C76H104N12O12. The van der Waals surface area contributed by atoms with Crippen LogP contribution in [0.1, 0.15) is 144 Å². The molecule has 0 saturated heterocycles. The molecule has 0 radical (unpaired) electrons. The number of carbonyl (C=O) groups excluding carboxylic acids is 9. The normalized spacial score (nSPS) is 14.9. The summed E-state index contributed by atoms with van der Waals surface area (Å²) in [6.45, 7) is 25.9. The molecular weight excluding hydrogens is 1270 g/mol. The topological polar surface area (TPSA) is 313 Å². The third-order valence-corrected chi connectivity index (χ3v) is 17.2. The number of carbonyl (C=O) groups is 9. The van der Waals surface area contributed by atoms with Gasteiger partial charge in [-0.25, -0.2) is 19.6 Å². The van der Waals surface area contributed by atoms with Crippen molar-refractivity contribution in [3.8, 4) is 0 Å². The molecule has 0 fully saturated rings. The number of hydrogen-bond acceptors (Lipinski definition) is 14. The summed E-state index contributed by atoms with van der Waals surface area (Å²) in [7, 11) is 2.96. The van der Waals surface area contributed by atoms with Gasteiger partial charge < -0.3 is 65.9 Å². The van der Waals surface area contributed by atoms with E-state index in [1.54, 1.807) is 164 Å². The first-order chi connectivity index (χ1) is 47.2. The minimum absolute atomic E-state index is 0.0604. The summed E-state index contributed by atoms with van der Waals surface area (Å²) in [5, 5.41) is 22.6. The standard InChI is InChI=1S/C76H104N12O12/c1-18-49(8)63(72(96)98-17)85-70(94)62(48(6)7)83-69(93)61(47(4)5)82-66(90)57(39-51-31-23-19-24-32-51)79-65(89)58(40-55-43-88(45-78-55)76(52-33-25-20-26-34-52,53-35-27-21-28-36-53)54-37-29-22-30-38-54)80-68(92)60(46(2)3)84-71(95)64(50(9)99-74(10,11)12)86-67(91)59(41-56-42-77-44-87(56)16)81-73(97)100-75(13,14)15/h19-38,42-50,57-64H,18,39-41H2,1-17H3,(H,79,89)(H,80,92)(H,81,97)(H,82,90)(H,83,93)(H,84,95)(H,85,94)(H,86,91)/t49-,50+,57+,58-,59?,60+,61+,62-,63-,64-/m0/s1. The molecule has 24 nitrogen and oxygen atoms in total. The number of imidazole rings is 2. The van der Waals surface area contributed by atoms with Crippen molar-refractivity contribution in [2.75, 3.05) is 7.11 Å². The van der Waals surface area contributed by atoms with Crippen LogP contribution in [-0.4, -0.2) is 145 Å². The molecule has 4 aromatic carbocycles. The minimum atomic E-state index is -1.54. The van der Waals surface area contributed by atoms with Gasteiger partial charge in [-0.15, -0.1) is 0 Å². The van der Waals surface area contributed by atoms with E-state index in [2.05, 4.69) is 47.5 Å². The highest BCUT2D eigenvalue weighted by Gasteiger charge is 2.42. The number of esters is 1. The number of methoxy groups -OCH3 is 1. The van der Waals surface area contributed by atoms with Gasteiger partial charge in [0.2, 0.25) is 41.4 Å². The predicted molar refractivity (Wildman–Crippen MR) is 381 cm³/mol. The molecule has 2 aromatic heterocycles. The van der Waals surface area contributed by atoms with E-state index < -0.39 is 142 Å². The van der Waals surface area contributed by atoms with Crippen LogP contribution in [0.15, 0.2) is 146 Å². The lowest BCUT2D eigenvalue weighted by Gasteiger charge is -2.37. The van der Waals surface area contributed by atoms with Crippen molar-refractivity contribution in [3.63, 3.8) is 0 Å². The maximum Gasteiger partial charge on any atom is 0.408 e. The summed E-state index contributed by atoms with van der Waals surface area (Å²) in [5.41, 5.74) is 1.37. The molecule has 0 spiro atoms. The van der Waals surface area contributed by atoms with E-state index in [4.69, 9.17) is 19.2 Å². The van der Waals surface area contributed by atoms with Crippen molar-refractivity contribution in [1.82, 2.24) is 61.6 Å². The highest BCUT2D eigenvalue weighted by molar-refractivity contribution is 5.98. The first-order valence-electron chi connectivity index (χ1n) is 34.2. The van der Waals surface area contributed by atoms with E-state index in [-0.39, 0.29) is 25.2 Å². The molecule has 10 atom stereocenters. The summed E-state index contributed by atoms with van der Waals surface area (Å²) in [4.78, 5) is 140. The third-order valence-electron chi connectivity index (χ3n) is 17.2. The molecule has 6 aromatic rings. The van der Waals surface area contributed by atoms with Crippen molar-refractivity contribution >= 4 is 53.4 Å². The maximum absolute atomic E-state index is 15.7. The number of aryl methyl sites for hydroxylation is 1. The lowest BCUT2D eigenvalue weighted by atomic mass is 9.77. The number of amides is 8. The highest BCUT2D eigenvalue weighted by Crippen LogP contribution is 2.41. The van der Waals surface area contributed by atoms with Crippen molar-refractivity contribution in [2.45, 2.75) is 201 Å². The van der Waals surface area contributed by atoms with Gasteiger partial charge in [0.15, 0.2) is 0 Å². The SMILES string of the molecule is CC[C@H](C)[C@H](NC(=O)[C@@H](NC(=O)[C@H](NC(=O)[C@@H](Cc1ccccc1)NC(=O)[C@H](Cc1cn(C(c2ccccc2)(c2ccccc2)c2ccccc2)cn1)NC(=O)[C@H](NC(=O)[C@@H](NC(=O)C(Cc1cncn1C)NC(=O)OC(C)(C)C)[C@@H](C)OC(C)(C)C)C(C)C)C(C)C)C(C)C)C(=O)OC. The van der Waals surface area contributed by atoms with Gasteiger partial charge in [-0.2, -0.15) is 0 Å². The summed E-state index contributed by atoms with van der Waals surface area (Å²) in [6, 6.07) is 27.9. The van der Waals surface area contributed by atoms with Crippen molar-refractivity contribution < 1.29 is 57.4 Å². The predicted octanol–water partition coefficient (Wildman–Crippen LogP) is 7.16. The number of ether oxygens (including phenoxy) is 3. The number of hydrogen-bond donors (Lipinski definition) is 8. The average Bonchev–Trinajstić information content (AvgIpc) is 1.21. The Hall–Kier alpha value is -9.71. The number of nitrogens with zero attached hydrogens (tertiary/aromatic N) is 4. The van der Waals surface area contributed by atoms with Crippen LogP contribution in [0.5, 0.6) is 0 Å². The Morgan fingerprint density at radius 3 is 1.30 bits per heavy atom. The highest BCUT2D eigenvalue weighted by atomic mass is 16.6. The molecule has 2 heterocycles. The van der Waals surface area contributed by atoms with E-state index in [0.29, 0.717) is 23.4 Å². The van der Waals surface area contributed by atoms with E-state index in [1.807, 2.05) is 102 Å². The number of aromatic nitrogens is 4. The maximum atomic E-state index is 15.7. The second-order valence-corrected chi connectivity index (χ2v) is 28.5. The monoisotopic (exact) mass is 1380 g/mol. The molecule has 540 valence electrons. The first kappa shape index (κ1) is 79.3. The molecule has 24 heteroatoms. The van der Waals surface area contributed by atoms with Gasteiger partial charge >= 0.3 is 12.1 Å². The van der Waals surface area contributed by atoms with Gasteiger partial charge in [-0.1, -0.05) is 183 Å². The second-order valence-electron chi connectivity index (χ2n) is 28.5. The van der Waals surface area contributed by atoms with Crippen molar-refractivity contribution in [3.05, 3.63) is 180 Å². The zero-order chi connectivity index (χ0) is 73.8. The molecule has 0 aliphatic heterocycles. The molecule has 1 unspecified atom stereocenters. The zero-order valence-corrected chi connectivity index (χ0v) is 60.9. The Labute approximate surface area is 588 Å². The van der Waals surface area contributed by atoms with E-state index >= 15 is 19.2 Å². The van der Waals surface area contributed by atoms with E-state index in [9.17, 15) is 24.0 Å². The minimum Gasteiger partial charge on any atom is -0.467 e. The number of rotatable bonds is 33. The third kappa shape index (κ3) is 21.9. The van der Waals surface area contributed by atoms with E-state index in [0.717, 1.165) is 16.7 Å². The van der Waals surface area contributed by atoms with Crippen LogP contribution >= 0.6 is 0 Å². The van der Waals surface area contributed by atoms with Crippen LogP contribution in [0, 0.1) is 23.7 Å². The smallest absolute Gasteiger partial charge is 0.408 e. The molecule has 0 saturated carbocycles. The van der Waals surface area contributed by atoms with Gasteiger partial charge in [-0.05, 0) is 94.4 Å². The Kier molecular flexibility index (Phi) is 28.4. The van der Waals surface area contributed by atoms with Crippen LogP contribution in [-0.2, 0) is 84.4 Å². The summed E-state index contributed by atoms with van der Waals surface area (Å²) in [6.07, 6.45) is 4.71. The van der Waals surface area contributed by atoms with Gasteiger partial charge in [0.25, 0.3) is 0 Å². The molecule has 8 N–H and O–H groups in total. The largest absolute Gasteiger partial charge is 0.467 e. The lowest BCUT2D eigenvalue weighted by Crippen LogP contribution is -2.63. The first-order valence-corrected chi connectivity index (χ1v) is 34.2. The molecule has 8 amide bonds. The zero-order valence-electron chi connectivity index (χ0n) is 60.9. The van der Waals surface area contributed by atoms with Crippen LogP contribution in [0.2, 0.25) is 0 Å².